The number of ether oxygens (including phenoxy) is 1. The van der Waals surface area contributed by atoms with Gasteiger partial charge in [-0.15, -0.1) is 0 Å². The molecule has 0 aliphatic rings. The quantitative estimate of drug-likeness (QED) is 0.841. The Morgan fingerprint density at radius 2 is 2.25 bits per heavy atom. The highest BCUT2D eigenvalue weighted by atomic mass is 16.5. The first-order chi connectivity index (χ1) is 9.69. The summed E-state index contributed by atoms with van der Waals surface area (Å²) < 4.78 is 10.2. The Bertz CT molecular complexity index is 551. The molecule has 20 heavy (non-hydrogen) atoms. The number of amides is 1. The zero-order valence-electron chi connectivity index (χ0n) is 11.2. The number of carbonyl (C=O) groups excluding carboxylic acids is 1. The number of benzene rings is 1. The highest BCUT2D eigenvalue weighted by molar-refractivity contribution is 5.78. The molecule has 0 saturated heterocycles. The van der Waals surface area contributed by atoms with E-state index >= 15 is 0 Å². The number of aliphatic hydroxyl groups excluding tert-OH is 1. The Labute approximate surface area is 117 Å². The fourth-order valence-corrected chi connectivity index (χ4v) is 1.82. The molecule has 1 heterocycles. The third kappa shape index (κ3) is 3.86. The van der Waals surface area contributed by atoms with E-state index in [0.717, 1.165) is 5.56 Å². The summed E-state index contributed by atoms with van der Waals surface area (Å²) in [7, 11) is 1.58. The Kier molecular flexibility index (Phi) is 4.79. The maximum Gasteiger partial charge on any atom is 0.224 e. The molecule has 1 unspecified atom stereocenters. The van der Waals surface area contributed by atoms with Crippen molar-refractivity contribution in [1.29, 1.82) is 0 Å². The number of methoxy groups -OCH3 is 1. The Morgan fingerprint density at radius 1 is 1.40 bits per heavy atom. The molecule has 1 atom stereocenters. The van der Waals surface area contributed by atoms with Gasteiger partial charge in [-0.25, -0.2) is 0 Å². The first kappa shape index (κ1) is 14.1. The van der Waals surface area contributed by atoms with Gasteiger partial charge >= 0.3 is 0 Å². The Hall–Kier alpha value is -2.27. The number of rotatable bonds is 6. The average molecular weight is 275 g/mol. The second-order valence-electron chi connectivity index (χ2n) is 4.36. The van der Waals surface area contributed by atoms with Crippen LogP contribution in [0.5, 0.6) is 5.75 Å². The third-order valence-corrected chi connectivity index (χ3v) is 2.86. The molecule has 2 N–H and O–H groups in total. The van der Waals surface area contributed by atoms with Crippen LogP contribution in [0.4, 0.5) is 0 Å². The summed E-state index contributed by atoms with van der Waals surface area (Å²) >= 11 is 0. The molecule has 1 aromatic carbocycles. The largest absolute Gasteiger partial charge is 0.497 e. The Balaban J connectivity index is 1.83. The summed E-state index contributed by atoms with van der Waals surface area (Å²) in [4.78, 5) is 11.8. The maximum atomic E-state index is 11.8. The molecule has 5 nitrogen and oxygen atoms in total. The van der Waals surface area contributed by atoms with E-state index in [4.69, 9.17) is 9.15 Å². The number of furan rings is 1. The van der Waals surface area contributed by atoms with E-state index in [1.807, 2.05) is 24.3 Å². The van der Waals surface area contributed by atoms with Gasteiger partial charge in [0.1, 0.15) is 17.6 Å². The minimum Gasteiger partial charge on any atom is -0.497 e. The predicted octanol–water partition coefficient (Wildman–Crippen LogP) is 1.68. The van der Waals surface area contributed by atoms with E-state index in [1.165, 1.54) is 6.26 Å². The number of aliphatic hydroxyl groups is 1. The molecular weight excluding hydrogens is 258 g/mol. The van der Waals surface area contributed by atoms with Crippen LogP contribution in [0.3, 0.4) is 0 Å². The van der Waals surface area contributed by atoms with Crippen LogP contribution >= 0.6 is 0 Å². The van der Waals surface area contributed by atoms with E-state index in [0.29, 0.717) is 11.5 Å². The van der Waals surface area contributed by atoms with Gasteiger partial charge in [0, 0.05) is 0 Å². The van der Waals surface area contributed by atoms with E-state index in [2.05, 4.69) is 5.32 Å². The lowest BCUT2D eigenvalue weighted by atomic mass is 10.1. The van der Waals surface area contributed by atoms with E-state index in [-0.39, 0.29) is 18.9 Å². The van der Waals surface area contributed by atoms with Crippen LogP contribution in [0, 0.1) is 0 Å². The van der Waals surface area contributed by atoms with E-state index < -0.39 is 6.10 Å². The number of carbonyl (C=O) groups is 1. The van der Waals surface area contributed by atoms with Crippen molar-refractivity contribution in [3.63, 3.8) is 0 Å². The molecule has 0 saturated carbocycles. The van der Waals surface area contributed by atoms with Gasteiger partial charge in [-0.1, -0.05) is 12.1 Å². The van der Waals surface area contributed by atoms with Crippen LogP contribution in [0.15, 0.2) is 47.1 Å². The van der Waals surface area contributed by atoms with Crippen molar-refractivity contribution in [2.45, 2.75) is 12.5 Å². The standard InChI is InChI=1S/C15H17NO4/c1-19-12-5-2-4-11(8-12)9-15(18)16-10-13(17)14-6-3-7-20-14/h2-8,13,17H,9-10H2,1H3,(H,16,18). The Morgan fingerprint density at radius 3 is 2.95 bits per heavy atom. The van der Waals surface area contributed by atoms with Crippen molar-refractivity contribution in [3.05, 3.63) is 54.0 Å². The molecular formula is C15H17NO4. The van der Waals surface area contributed by atoms with Gasteiger partial charge in [-0.05, 0) is 29.8 Å². The SMILES string of the molecule is COc1cccc(CC(=O)NCC(O)c2ccco2)c1. The fourth-order valence-electron chi connectivity index (χ4n) is 1.82. The molecule has 0 spiro atoms. The lowest BCUT2D eigenvalue weighted by molar-refractivity contribution is -0.120. The molecule has 0 aliphatic heterocycles. The zero-order chi connectivity index (χ0) is 14.4. The maximum absolute atomic E-state index is 11.8. The van der Waals surface area contributed by atoms with Crippen molar-refractivity contribution in [2.75, 3.05) is 13.7 Å². The lowest BCUT2D eigenvalue weighted by Gasteiger charge is -2.10. The minimum absolute atomic E-state index is 0.121. The van der Waals surface area contributed by atoms with Crippen LogP contribution in [-0.2, 0) is 11.2 Å². The topological polar surface area (TPSA) is 71.7 Å². The molecule has 1 aromatic heterocycles. The molecule has 106 valence electrons. The average Bonchev–Trinajstić information content (AvgIpc) is 2.99. The molecule has 2 rings (SSSR count). The normalized spacial score (nSPS) is 11.9. The van der Waals surface area contributed by atoms with E-state index in [9.17, 15) is 9.90 Å². The molecule has 5 heteroatoms. The first-order valence-corrected chi connectivity index (χ1v) is 6.30. The van der Waals surface area contributed by atoms with Crippen molar-refractivity contribution in [1.82, 2.24) is 5.32 Å². The van der Waals surface area contributed by atoms with Gasteiger partial charge in [-0.3, -0.25) is 4.79 Å². The number of hydrogen-bond acceptors (Lipinski definition) is 4. The summed E-state index contributed by atoms with van der Waals surface area (Å²) in [5, 5.41) is 12.4. The molecule has 2 aromatic rings. The molecule has 0 radical (unpaired) electrons. The lowest BCUT2D eigenvalue weighted by Crippen LogP contribution is -2.29. The summed E-state index contributed by atoms with van der Waals surface area (Å²) in [5.74, 6) is 0.987. The highest BCUT2D eigenvalue weighted by Crippen LogP contribution is 2.14. The monoisotopic (exact) mass is 275 g/mol. The summed E-state index contributed by atoms with van der Waals surface area (Å²) in [6.07, 6.45) is 0.887. The van der Waals surface area contributed by atoms with Crippen molar-refractivity contribution in [2.24, 2.45) is 0 Å². The summed E-state index contributed by atoms with van der Waals surface area (Å²) in [6.45, 7) is 0.121. The van der Waals surface area contributed by atoms with Gasteiger partial charge < -0.3 is 19.6 Å². The minimum atomic E-state index is -0.834. The van der Waals surface area contributed by atoms with Crippen molar-refractivity contribution < 1.29 is 19.1 Å². The third-order valence-electron chi connectivity index (χ3n) is 2.86. The fraction of sp³-hybridized carbons (Fsp3) is 0.267. The van der Waals surface area contributed by atoms with E-state index in [1.54, 1.807) is 19.2 Å². The highest BCUT2D eigenvalue weighted by Gasteiger charge is 2.12. The van der Waals surface area contributed by atoms with Crippen LogP contribution in [0.1, 0.15) is 17.4 Å². The van der Waals surface area contributed by atoms with Gasteiger partial charge in [0.25, 0.3) is 0 Å². The molecule has 0 bridgehead atoms. The van der Waals surface area contributed by atoms with Crippen LogP contribution in [0.2, 0.25) is 0 Å². The zero-order valence-corrected chi connectivity index (χ0v) is 11.2. The summed E-state index contributed by atoms with van der Waals surface area (Å²) in [6, 6.07) is 10.7. The number of hydrogen-bond donors (Lipinski definition) is 2. The number of nitrogens with one attached hydrogen (secondary N) is 1. The first-order valence-electron chi connectivity index (χ1n) is 6.30. The van der Waals surface area contributed by atoms with Crippen molar-refractivity contribution in [3.8, 4) is 5.75 Å². The molecule has 1 amide bonds. The van der Waals surface area contributed by atoms with Crippen LogP contribution in [0.25, 0.3) is 0 Å². The van der Waals surface area contributed by atoms with Gasteiger partial charge in [0.15, 0.2) is 0 Å². The van der Waals surface area contributed by atoms with Crippen LogP contribution in [-0.4, -0.2) is 24.7 Å². The van der Waals surface area contributed by atoms with Gasteiger partial charge in [0.2, 0.25) is 5.91 Å². The second-order valence-corrected chi connectivity index (χ2v) is 4.36. The molecule has 0 fully saturated rings. The van der Waals surface area contributed by atoms with Crippen LogP contribution < -0.4 is 10.1 Å². The smallest absolute Gasteiger partial charge is 0.224 e. The van der Waals surface area contributed by atoms with Crippen molar-refractivity contribution >= 4 is 5.91 Å². The second kappa shape index (κ2) is 6.77. The van der Waals surface area contributed by atoms with Gasteiger partial charge in [0.05, 0.1) is 26.3 Å². The van der Waals surface area contributed by atoms with Gasteiger partial charge in [-0.2, -0.15) is 0 Å². The summed E-state index contributed by atoms with van der Waals surface area (Å²) in [5.41, 5.74) is 0.856. The molecule has 0 aliphatic carbocycles. The predicted molar refractivity (Wildman–Crippen MR) is 73.4 cm³/mol.